The predicted octanol–water partition coefficient (Wildman–Crippen LogP) is 2.84. The van der Waals surface area contributed by atoms with Crippen LogP contribution in [0.2, 0.25) is 0 Å². The van der Waals surface area contributed by atoms with Crippen LogP contribution in [0.3, 0.4) is 0 Å². The van der Waals surface area contributed by atoms with Crippen LogP contribution < -0.4 is 10.1 Å². The number of benzene rings is 2. The van der Waals surface area contributed by atoms with Gasteiger partial charge in [-0.05, 0) is 36.1 Å². The van der Waals surface area contributed by atoms with Gasteiger partial charge >= 0.3 is 0 Å². The molecule has 108 valence electrons. The van der Waals surface area contributed by atoms with Gasteiger partial charge in [-0.3, -0.25) is 4.79 Å². The van der Waals surface area contributed by atoms with E-state index in [9.17, 15) is 4.79 Å². The topological polar surface area (TPSA) is 38.3 Å². The highest BCUT2D eigenvalue weighted by Crippen LogP contribution is 2.29. The van der Waals surface area contributed by atoms with Gasteiger partial charge in [-0.15, -0.1) is 0 Å². The second kappa shape index (κ2) is 6.00. The van der Waals surface area contributed by atoms with Crippen LogP contribution in [0.1, 0.15) is 21.5 Å². The van der Waals surface area contributed by atoms with Crippen LogP contribution in [0.25, 0.3) is 0 Å². The molecule has 0 aromatic heterocycles. The van der Waals surface area contributed by atoms with Crippen molar-refractivity contribution in [1.82, 2.24) is 5.32 Å². The van der Waals surface area contributed by atoms with Crippen molar-refractivity contribution in [1.29, 1.82) is 0 Å². The summed E-state index contributed by atoms with van der Waals surface area (Å²) in [7, 11) is 1.67. The Hall–Kier alpha value is -2.29. The van der Waals surface area contributed by atoms with E-state index in [1.807, 2.05) is 42.5 Å². The monoisotopic (exact) mass is 281 g/mol. The van der Waals surface area contributed by atoms with Crippen LogP contribution >= 0.6 is 0 Å². The first-order valence-corrected chi connectivity index (χ1v) is 7.28. The highest BCUT2D eigenvalue weighted by Gasteiger charge is 2.21. The largest absolute Gasteiger partial charge is 0.493 e. The van der Waals surface area contributed by atoms with Crippen molar-refractivity contribution < 1.29 is 9.53 Å². The average molecular weight is 281 g/mol. The van der Waals surface area contributed by atoms with Gasteiger partial charge in [0.05, 0.1) is 6.61 Å². The first-order valence-electron chi connectivity index (χ1n) is 7.28. The molecule has 3 rings (SSSR count). The molecular formula is C18H19NO2. The summed E-state index contributed by atoms with van der Waals surface area (Å²) in [5.74, 6) is 1.38. The number of fused-ring (bicyclic) bond motifs is 1. The molecule has 0 spiro atoms. The van der Waals surface area contributed by atoms with E-state index < -0.39 is 0 Å². The van der Waals surface area contributed by atoms with Crippen LogP contribution in [0.5, 0.6) is 5.75 Å². The van der Waals surface area contributed by atoms with Crippen LogP contribution in [0, 0.1) is 5.92 Å². The molecule has 0 aliphatic carbocycles. The van der Waals surface area contributed by atoms with E-state index >= 15 is 0 Å². The number of carbonyl (C=O) groups excluding carboxylic acids is 1. The van der Waals surface area contributed by atoms with E-state index in [-0.39, 0.29) is 5.91 Å². The summed E-state index contributed by atoms with van der Waals surface area (Å²) in [6, 6.07) is 16.0. The second-order valence-electron chi connectivity index (χ2n) is 5.43. The molecule has 1 atom stereocenters. The van der Waals surface area contributed by atoms with Crippen molar-refractivity contribution in [2.45, 2.75) is 12.8 Å². The van der Waals surface area contributed by atoms with Gasteiger partial charge in [0.15, 0.2) is 0 Å². The van der Waals surface area contributed by atoms with E-state index in [2.05, 4.69) is 11.4 Å². The minimum absolute atomic E-state index is 0.0253. The maximum atomic E-state index is 11.9. The SMILES string of the molecule is CNC(=O)c1ccccc1C[C@@H]1COc2ccccc2C1. The zero-order valence-electron chi connectivity index (χ0n) is 12.1. The third-order valence-electron chi connectivity index (χ3n) is 3.95. The third kappa shape index (κ3) is 2.92. The zero-order chi connectivity index (χ0) is 14.7. The van der Waals surface area contributed by atoms with Crippen molar-refractivity contribution in [2.75, 3.05) is 13.7 Å². The average Bonchev–Trinajstić information content (AvgIpc) is 2.54. The van der Waals surface area contributed by atoms with Crippen LogP contribution in [0.4, 0.5) is 0 Å². The number of ether oxygens (including phenoxy) is 1. The van der Waals surface area contributed by atoms with Crippen LogP contribution in [-0.2, 0) is 12.8 Å². The fourth-order valence-corrected chi connectivity index (χ4v) is 2.89. The van der Waals surface area contributed by atoms with Crippen molar-refractivity contribution in [3.63, 3.8) is 0 Å². The lowest BCUT2D eigenvalue weighted by atomic mass is 9.89. The van der Waals surface area contributed by atoms with Gasteiger partial charge in [0.1, 0.15) is 5.75 Å². The normalized spacial score (nSPS) is 16.7. The molecule has 1 aliphatic heterocycles. The fourth-order valence-electron chi connectivity index (χ4n) is 2.89. The molecule has 0 bridgehead atoms. The van der Waals surface area contributed by atoms with Gasteiger partial charge in [-0.1, -0.05) is 36.4 Å². The summed E-state index contributed by atoms with van der Waals surface area (Å²) in [6.45, 7) is 0.707. The van der Waals surface area contributed by atoms with E-state index in [1.54, 1.807) is 7.05 Å². The van der Waals surface area contributed by atoms with Gasteiger partial charge in [0, 0.05) is 18.5 Å². The van der Waals surface area contributed by atoms with Gasteiger partial charge in [-0.25, -0.2) is 0 Å². The van der Waals surface area contributed by atoms with E-state index in [0.29, 0.717) is 12.5 Å². The summed E-state index contributed by atoms with van der Waals surface area (Å²) in [4.78, 5) is 11.9. The minimum Gasteiger partial charge on any atom is -0.493 e. The number of carbonyl (C=O) groups is 1. The number of amides is 1. The summed E-state index contributed by atoms with van der Waals surface area (Å²) < 4.78 is 5.83. The molecule has 3 nitrogen and oxygen atoms in total. The van der Waals surface area contributed by atoms with Crippen molar-refractivity contribution >= 4 is 5.91 Å². The highest BCUT2D eigenvalue weighted by atomic mass is 16.5. The Morgan fingerprint density at radius 1 is 1.19 bits per heavy atom. The molecule has 0 saturated heterocycles. The van der Waals surface area contributed by atoms with Gasteiger partial charge in [0.2, 0.25) is 0 Å². The first-order chi connectivity index (χ1) is 10.3. The lowest BCUT2D eigenvalue weighted by Gasteiger charge is -2.25. The molecule has 0 fully saturated rings. The maximum Gasteiger partial charge on any atom is 0.251 e. The third-order valence-corrected chi connectivity index (χ3v) is 3.95. The second-order valence-corrected chi connectivity index (χ2v) is 5.43. The molecule has 0 unspecified atom stereocenters. The van der Waals surface area contributed by atoms with Crippen LogP contribution in [-0.4, -0.2) is 19.6 Å². The molecule has 2 aromatic carbocycles. The maximum absolute atomic E-state index is 11.9. The Balaban J connectivity index is 1.78. The summed E-state index contributed by atoms with van der Waals surface area (Å²) in [5, 5.41) is 2.70. The Kier molecular flexibility index (Phi) is 3.91. The Bertz CT molecular complexity index is 651. The molecule has 1 aliphatic rings. The number of hydrogen-bond acceptors (Lipinski definition) is 2. The standard InChI is InChI=1S/C18H19NO2/c1-19-18(20)16-8-4-2-6-14(16)10-13-11-15-7-3-5-9-17(15)21-12-13/h2-9,13H,10-12H2,1H3,(H,19,20)/t13-/m0/s1. The smallest absolute Gasteiger partial charge is 0.251 e. The van der Waals surface area contributed by atoms with Crippen molar-refractivity contribution in [3.05, 3.63) is 65.2 Å². The molecule has 1 N–H and O–H groups in total. The first kappa shape index (κ1) is 13.7. The quantitative estimate of drug-likeness (QED) is 0.939. The molecule has 21 heavy (non-hydrogen) atoms. The highest BCUT2D eigenvalue weighted by molar-refractivity contribution is 5.95. The summed E-state index contributed by atoms with van der Waals surface area (Å²) in [6.07, 6.45) is 1.86. The van der Waals surface area contributed by atoms with Crippen molar-refractivity contribution in [2.24, 2.45) is 5.92 Å². The van der Waals surface area contributed by atoms with Gasteiger partial charge in [-0.2, -0.15) is 0 Å². The van der Waals surface area contributed by atoms with Crippen LogP contribution in [0.15, 0.2) is 48.5 Å². The lowest BCUT2D eigenvalue weighted by Crippen LogP contribution is -2.25. The zero-order valence-corrected chi connectivity index (χ0v) is 12.1. The van der Waals surface area contributed by atoms with Crippen molar-refractivity contribution in [3.8, 4) is 5.75 Å². The van der Waals surface area contributed by atoms with Gasteiger partial charge in [0.25, 0.3) is 5.91 Å². The number of para-hydroxylation sites is 1. The molecule has 3 heteroatoms. The summed E-state index contributed by atoms with van der Waals surface area (Å²) in [5.41, 5.74) is 3.11. The fraction of sp³-hybridized carbons (Fsp3) is 0.278. The number of hydrogen-bond donors (Lipinski definition) is 1. The van der Waals surface area contributed by atoms with Gasteiger partial charge < -0.3 is 10.1 Å². The Labute approximate surface area is 124 Å². The minimum atomic E-state index is -0.0253. The predicted molar refractivity (Wildman–Crippen MR) is 82.7 cm³/mol. The molecule has 1 heterocycles. The molecule has 0 saturated carbocycles. The van der Waals surface area contributed by atoms with E-state index in [1.165, 1.54) is 5.56 Å². The lowest BCUT2D eigenvalue weighted by molar-refractivity contribution is 0.0961. The number of rotatable bonds is 3. The Morgan fingerprint density at radius 3 is 2.81 bits per heavy atom. The number of nitrogens with one attached hydrogen (secondary N) is 1. The molecular weight excluding hydrogens is 262 g/mol. The van der Waals surface area contributed by atoms with E-state index in [0.717, 1.165) is 29.7 Å². The molecule has 1 amide bonds. The van der Waals surface area contributed by atoms with E-state index in [4.69, 9.17) is 4.74 Å². The summed E-state index contributed by atoms with van der Waals surface area (Å²) >= 11 is 0. The Morgan fingerprint density at radius 2 is 1.95 bits per heavy atom. The molecule has 2 aromatic rings. The molecule has 0 radical (unpaired) electrons.